The smallest absolute Gasteiger partial charge is 0.0726 e. The van der Waals surface area contributed by atoms with E-state index in [1.54, 1.807) is 0 Å². The average Bonchev–Trinajstić information content (AvgIpc) is 2.14. The molecule has 1 saturated heterocycles. The lowest BCUT2D eigenvalue weighted by Crippen LogP contribution is -2.20. The summed E-state index contributed by atoms with van der Waals surface area (Å²) in [6.07, 6.45) is -0.333. The Morgan fingerprint density at radius 1 is 1.44 bits per heavy atom. The average molecular weight is 154 g/mol. The molecule has 0 spiro atoms. The molecule has 0 radical (unpaired) electrons. The SMILES string of the molecule is Cl.OC[C@@H]1CNC[C@@H]1O. The number of aliphatic hydroxyl groups excluding tert-OH is 2. The maximum atomic E-state index is 8.97. The van der Waals surface area contributed by atoms with Crippen LogP contribution in [0, 0.1) is 5.92 Å². The summed E-state index contributed by atoms with van der Waals surface area (Å²) in [6.45, 7) is 1.47. The van der Waals surface area contributed by atoms with Crippen LogP contribution in [0.2, 0.25) is 0 Å². The van der Waals surface area contributed by atoms with Crippen LogP contribution in [0.5, 0.6) is 0 Å². The van der Waals surface area contributed by atoms with Gasteiger partial charge in [-0.05, 0) is 0 Å². The summed E-state index contributed by atoms with van der Waals surface area (Å²) < 4.78 is 0. The fourth-order valence-electron chi connectivity index (χ4n) is 0.906. The molecule has 9 heavy (non-hydrogen) atoms. The largest absolute Gasteiger partial charge is 0.396 e. The molecular formula is C5H12ClNO2. The van der Waals surface area contributed by atoms with Crippen molar-refractivity contribution >= 4 is 12.4 Å². The van der Waals surface area contributed by atoms with E-state index in [0.29, 0.717) is 6.54 Å². The van der Waals surface area contributed by atoms with Gasteiger partial charge in [0.2, 0.25) is 0 Å². The van der Waals surface area contributed by atoms with Crippen LogP contribution in [0.15, 0.2) is 0 Å². The number of nitrogens with one attached hydrogen (secondary N) is 1. The van der Waals surface area contributed by atoms with Crippen molar-refractivity contribution in [3.8, 4) is 0 Å². The molecular weight excluding hydrogens is 142 g/mol. The monoisotopic (exact) mass is 153 g/mol. The molecule has 3 N–H and O–H groups in total. The Labute approximate surface area is 60.5 Å². The van der Waals surface area contributed by atoms with Crippen molar-refractivity contribution in [2.45, 2.75) is 6.10 Å². The van der Waals surface area contributed by atoms with Crippen molar-refractivity contribution < 1.29 is 10.2 Å². The third-order valence-corrected chi connectivity index (χ3v) is 1.54. The van der Waals surface area contributed by atoms with E-state index in [0.717, 1.165) is 6.54 Å². The molecule has 0 saturated carbocycles. The second-order valence-electron chi connectivity index (χ2n) is 2.17. The quantitative estimate of drug-likeness (QED) is 0.452. The van der Waals surface area contributed by atoms with Gasteiger partial charge in [-0.25, -0.2) is 0 Å². The second kappa shape index (κ2) is 4.06. The summed E-state index contributed by atoms with van der Waals surface area (Å²) in [5, 5.41) is 20.5. The van der Waals surface area contributed by atoms with Gasteiger partial charge in [-0.1, -0.05) is 0 Å². The zero-order chi connectivity index (χ0) is 5.98. The van der Waals surface area contributed by atoms with E-state index >= 15 is 0 Å². The number of rotatable bonds is 1. The molecule has 56 valence electrons. The van der Waals surface area contributed by atoms with Crippen LogP contribution >= 0.6 is 12.4 Å². The molecule has 1 heterocycles. The molecule has 0 bridgehead atoms. The van der Waals surface area contributed by atoms with E-state index < -0.39 is 0 Å². The molecule has 1 aliphatic rings. The van der Waals surface area contributed by atoms with E-state index in [1.807, 2.05) is 0 Å². The van der Waals surface area contributed by atoms with Crippen LogP contribution in [0.3, 0.4) is 0 Å². The number of hydrogen-bond donors (Lipinski definition) is 3. The van der Waals surface area contributed by atoms with Crippen molar-refractivity contribution in [2.24, 2.45) is 5.92 Å². The minimum absolute atomic E-state index is 0. The molecule has 0 aromatic rings. The highest BCUT2D eigenvalue weighted by atomic mass is 35.5. The minimum Gasteiger partial charge on any atom is -0.396 e. The Kier molecular flexibility index (Phi) is 4.14. The normalized spacial score (nSPS) is 34.0. The van der Waals surface area contributed by atoms with E-state index in [1.165, 1.54) is 0 Å². The van der Waals surface area contributed by atoms with Crippen LogP contribution in [0.4, 0.5) is 0 Å². The molecule has 0 aromatic heterocycles. The van der Waals surface area contributed by atoms with Gasteiger partial charge < -0.3 is 15.5 Å². The number of β-amino-alcohol motifs (C(OH)–C–C–N with tert-alkyl or cyclic N) is 1. The van der Waals surface area contributed by atoms with Gasteiger partial charge in [0.25, 0.3) is 0 Å². The van der Waals surface area contributed by atoms with Gasteiger partial charge in [-0.2, -0.15) is 0 Å². The van der Waals surface area contributed by atoms with E-state index in [4.69, 9.17) is 10.2 Å². The third kappa shape index (κ3) is 2.10. The Balaban J connectivity index is 0.000000640. The van der Waals surface area contributed by atoms with Gasteiger partial charge in [0.1, 0.15) is 0 Å². The lowest BCUT2D eigenvalue weighted by Gasteiger charge is -2.06. The molecule has 1 aliphatic heterocycles. The van der Waals surface area contributed by atoms with Crippen molar-refractivity contribution in [3.05, 3.63) is 0 Å². The minimum atomic E-state index is -0.333. The Morgan fingerprint density at radius 2 is 2.11 bits per heavy atom. The summed E-state index contributed by atoms with van der Waals surface area (Å²) in [5.41, 5.74) is 0. The molecule has 0 amide bonds. The van der Waals surface area contributed by atoms with E-state index in [2.05, 4.69) is 5.32 Å². The van der Waals surface area contributed by atoms with E-state index in [-0.39, 0.29) is 31.0 Å². The molecule has 1 fully saturated rings. The van der Waals surface area contributed by atoms with E-state index in [9.17, 15) is 0 Å². The van der Waals surface area contributed by atoms with Gasteiger partial charge in [0.05, 0.1) is 6.10 Å². The van der Waals surface area contributed by atoms with Crippen molar-refractivity contribution in [3.63, 3.8) is 0 Å². The number of aliphatic hydroxyl groups is 2. The first-order valence-corrected chi connectivity index (χ1v) is 2.84. The van der Waals surface area contributed by atoms with Crippen LogP contribution in [-0.2, 0) is 0 Å². The predicted molar refractivity (Wildman–Crippen MR) is 36.7 cm³/mol. The molecule has 4 heteroatoms. The zero-order valence-corrected chi connectivity index (χ0v) is 5.90. The highest BCUT2D eigenvalue weighted by Gasteiger charge is 2.23. The van der Waals surface area contributed by atoms with Gasteiger partial charge in [0, 0.05) is 25.6 Å². The Morgan fingerprint density at radius 3 is 2.33 bits per heavy atom. The van der Waals surface area contributed by atoms with Crippen molar-refractivity contribution in [2.75, 3.05) is 19.7 Å². The lowest BCUT2D eigenvalue weighted by atomic mass is 10.1. The Bertz CT molecular complexity index is 81.4. The standard InChI is InChI=1S/C5H11NO2.ClH/c7-3-4-1-6-2-5(4)8;/h4-8H,1-3H2;1H/t4-,5-;/m0./s1. The first-order chi connectivity index (χ1) is 3.84. The molecule has 3 nitrogen and oxygen atoms in total. The predicted octanol–water partition coefficient (Wildman–Crippen LogP) is -1.02. The van der Waals surface area contributed by atoms with Crippen LogP contribution < -0.4 is 5.32 Å². The maximum Gasteiger partial charge on any atom is 0.0726 e. The second-order valence-corrected chi connectivity index (χ2v) is 2.17. The van der Waals surface area contributed by atoms with Crippen molar-refractivity contribution in [1.29, 1.82) is 0 Å². The first-order valence-electron chi connectivity index (χ1n) is 2.84. The third-order valence-electron chi connectivity index (χ3n) is 1.54. The first kappa shape index (κ1) is 9.17. The van der Waals surface area contributed by atoms with Crippen LogP contribution in [-0.4, -0.2) is 36.0 Å². The highest BCUT2D eigenvalue weighted by molar-refractivity contribution is 5.85. The molecule has 1 rings (SSSR count). The van der Waals surface area contributed by atoms with Gasteiger partial charge in [0.15, 0.2) is 0 Å². The van der Waals surface area contributed by atoms with Gasteiger partial charge in [-0.15, -0.1) is 12.4 Å². The van der Waals surface area contributed by atoms with Gasteiger partial charge >= 0.3 is 0 Å². The van der Waals surface area contributed by atoms with Crippen LogP contribution in [0.1, 0.15) is 0 Å². The fourth-order valence-corrected chi connectivity index (χ4v) is 0.906. The Hall–Kier alpha value is 0.170. The van der Waals surface area contributed by atoms with Crippen molar-refractivity contribution in [1.82, 2.24) is 5.32 Å². The summed E-state index contributed by atoms with van der Waals surface area (Å²) in [5.74, 6) is 0.0648. The lowest BCUT2D eigenvalue weighted by molar-refractivity contribution is 0.104. The molecule has 2 atom stereocenters. The topological polar surface area (TPSA) is 52.5 Å². The number of hydrogen-bond acceptors (Lipinski definition) is 3. The maximum absolute atomic E-state index is 8.97. The molecule has 0 aromatic carbocycles. The molecule has 0 aliphatic carbocycles. The van der Waals surface area contributed by atoms with Crippen LogP contribution in [0.25, 0.3) is 0 Å². The zero-order valence-electron chi connectivity index (χ0n) is 5.08. The van der Waals surface area contributed by atoms with Gasteiger partial charge in [-0.3, -0.25) is 0 Å². The fraction of sp³-hybridized carbons (Fsp3) is 1.00. The number of halogens is 1. The summed E-state index contributed by atoms with van der Waals surface area (Å²) in [4.78, 5) is 0. The summed E-state index contributed by atoms with van der Waals surface area (Å²) >= 11 is 0. The summed E-state index contributed by atoms with van der Waals surface area (Å²) in [7, 11) is 0. The molecule has 0 unspecified atom stereocenters. The highest BCUT2D eigenvalue weighted by Crippen LogP contribution is 2.05. The summed E-state index contributed by atoms with van der Waals surface area (Å²) in [6, 6.07) is 0.